The maximum atomic E-state index is 14.0. The summed E-state index contributed by atoms with van der Waals surface area (Å²) in [6.45, 7) is 1.50. The first-order valence-corrected chi connectivity index (χ1v) is 13.8. The molecule has 4 rings (SSSR count). The highest BCUT2D eigenvalue weighted by atomic mass is 32.1. The number of carbonyl (C=O) groups is 3. The fraction of sp³-hybridized carbons (Fsp3) is 0.367. The van der Waals surface area contributed by atoms with Crippen LogP contribution in [0.4, 0.5) is 5.69 Å². The maximum Gasteiger partial charge on any atom is 0.248 e. The Labute approximate surface area is 227 Å². The highest BCUT2D eigenvalue weighted by molar-refractivity contribution is 7.10. The highest BCUT2D eigenvalue weighted by Gasteiger charge is 2.35. The van der Waals surface area contributed by atoms with E-state index in [9.17, 15) is 14.4 Å². The molecule has 2 amide bonds. The Kier molecular flexibility index (Phi) is 9.18. The van der Waals surface area contributed by atoms with Gasteiger partial charge in [0.2, 0.25) is 11.8 Å². The summed E-state index contributed by atoms with van der Waals surface area (Å²) in [7, 11) is 3.09. The summed E-state index contributed by atoms with van der Waals surface area (Å²) < 4.78 is 10.9. The average Bonchev–Trinajstić information content (AvgIpc) is 3.44. The number of benzene rings is 2. The maximum absolute atomic E-state index is 14.0. The number of nitrogens with one attached hydrogen (secondary N) is 1. The molecule has 1 aliphatic rings. The van der Waals surface area contributed by atoms with E-state index >= 15 is 0 Å². The molecule has 1 saturated carbocycles. The largest absolute Gasteiger partial charge is 0.493 e. The van der Waals surface area contributed by atoms with Gasteiger partial charge in [0.1, 0.15) is 6.04 Å². The zero-order valence-corrected chi connectivity index (χ0v) is 22.9. The molecular weight excluding hydrogens is 500 g/mol. The smallest absolute Gasteiger partial charge is 0.248 e. The van der Waals surface area contributed by atoms with Crippen LogP contribution >= 0.6 is 11.3 Å². The molecule has 0 aliphatic heterocycles. The number of thiophene rings is 1. The summed E-state index contributed by atoms with van der Waals surface area (Å²) in [5, 5.41) is 5.15. The Balaban J connectivity index is 1.81. The van der Waals surface area contributed by atoms with Crippen molar-refractivity contribution < 1.29 is 23.9 Å². The van der Waals surface area contributed by atoms with Gasteiger partial charge in [0, 0.05) is 22.2 Å². The molecule has 1 fully saturated rings. The van der Waals surface area contributed by atoms with Gasteiger partial charge in [-0.15, -0.1) is 11.3 Å². The monoisotopic (exact) mass is 534 g/mol. The molecule has 8 heteroatoms. The SMILES string of the molecule is COc1ccc(C(C(=O)NC2CCCCC2)N(C(=O)Cc2cccs2)c2ccc(C(C)=O)cc2)cc1OC. The third-order valence-electron chi connectivity index (χ3n) is 6.91. The van der Waals surface area contributed by atoms with Gasteiger partial charge in [0.05, 0.1) is 20.6 Å². The highest BCUT2D eigenvalue weighted by Crippen LogP contribution is 2.35. The first-order valence-electron chi connectivity index (χ1n) is 12.9. The van der Waals surface area contributed by atoms with Crippen molar-refractivity contribution in [1.82, 2.24) is 5.32 Å². The van der Waals surface area contributed by atoms with Crippen molar-refractivity contribution in [1.29, 1.82) is 0 Å². The van der Waals surface area contributed by atoms with Gasteiger partial charge in [0.15, 0.2) is 17.3 Å². The molecule has 1 aromatic heterocycles. The molecule has 0 radical (unpaired) electrons. The predicted molar refractivity (Wildman–Crippen MR) is 149 cm³/mol. The molecule has 0 saturated heterocycles. The van der Waals surface area contributed by atoms with E-state index in [0.29, 0.717) is 28.3 Å². The Morgan fingerprint density at radius 3 is 2.29 bits per heavy atom. The summed E-state index contributed by atoms with van der Waals surface area (Å²) >= 11 is 1.50. The van der Waals surface area contributed by atoms with E-state index in [2.05, 4.69) is 5.32 Å². The normalized spacial score (nSPS) is 14.4. The topological polar surface area (TPSA) is 84.9 Å². The summed E-state index contributed by atoms with van der Waals surface area (Å²) in [6.07, 6.45) is 5.28. The molecular formula is C30H34N2O5S. The lowest BCUT2D eigenvalue weighted by atomic mass is 9.94. The van der Waals surface area contributed by atoms with Crippen LogP contribution in [0.15, 0.2) is 60.0 Å². The minimum atomic E-state index is -0.952. The number of Topliss-reactive ketones (excluding diaryl/α,β-unsaturated/α-hetero) is 1. The fourth-order valence-corrected chi connectivity index (χ4v) is 5.60. The van der Waals surface area contributed by atoms with Gasteiger partial charge in [-0.2, -0.15) is 0 Å². The minimum Gasteiger partial charge on any atom is -0.493 e. The number of hydrogen-bond donors (Lipinski definition) is 1. The Morgan fingerprint density at radius 1 is 0.974 bits per heavy atom. The van der Waals surface area contributed by atoms with Gasteiger partial charge < -0.3 is 14.8 Å². The molecule has 1 N–H and O–H groups in total. The number of anilines is 1. The van der Waals surface area contributed by atoms with Crippen LogP contribution in [-0.2, 0) is 16.0 Å². The quantitative estimate of drug-likeness (QED) is 0.336. The fourth-order valence-electron chi connectivity index (χ4n) is 4.91. The van der Waals surface area contributed by atoms with E-state index in [1.165, 1.54) is 24.7 Å². The average molecular weight is 535 g/mol. The van der Waals surface area contributed by atoms with Crippen LogP contribution in [0, 0.1) is 0 Å². The zero-order chi connectivity index (χ0) is 27.1. The van der Waals surface area contributed by atoms with E-state index in [1.807, 2.05) is 17.5 Å². The lowest BCUT2D eigenvalue weighted by Gasteiger charge is -2.34. The van der Waals surface area contributed by atoms with Crippen LogP contribution in [-0.4, -0.2) is 37.9 Å². The van der Waals surface area contributed by atoms with Crippen molar-refractivity contribution in [2.45, 2.75) is 57.5 Å². The second kappa shape index (κ2) is 12.7. The molecule has 2 aromatic carbocycles. The molecule has 1 atom stereocenters. The number of nitrogens with zero attached hydrogens (tertiary/aromatic N) is 1. The summed E-state index contributed by atoms with van der Waals surface area (Å²) in [6, 6.07) is 15.0. The number of hydrogen-bond acceptors (Lipinski definition) is 6. The third kappa shape index (κ3) is 6.42. The number of ether oxygens (including phenoxy) is 2. The lowest BCUT2D eigenvalue weighted by Crippen LogP contribution is -2.47. The van der Waals surface area contributed by atoms with Crippen LogP contribution in [0.1, 0.15) is 65.9 Å². The van der Waals surface area contributed by atoms with Crippen LogP contribution < -0.4 is 19.7 Å². The van der Waals surface area contributed by atoms with Gasteiger partial charge in [-0.3, -0.25) is 19.3 Å². The summed E-state index contributed by atoms with van der Waals surface area (Å²) in [5.74, 6) is 0.461. The van der Waals surface area contributed by atoms with Gasteiger partial charge in [-0.1, -0.05) is 31.4 Å². The number of rotatable bonds is 10. The van der Waals surface area contributed by atoms with E-state index < -0.39 is 6.04 Å². The van der Waals surface area contributed by atoms with Crippen molar-refractivity contribution in [3.05, 3.63) is 76.0 Å². The van der Waals surface area contributed by atoms with E-state index in [1.54, 1.807) is 61.6 Å². The Hall–Kier alpha value is -3.65. The van der Waals surface area contributed by atoms with E-state index in [-0.39, 0.29) is 30.1 Å². The van der Waals surface area contributed by atoms with Gasteiger partial charge >= 0.3 is 0 Å². The van der Waals surface area contributed by atoms with Gasteiger partial charge in [0.25, 0.3) is 0 Å². The van der Waals surface area contributed by atoms with Gasteiger partial charge in [-0.25, -0.2) is 0 Å². The molecule has 1 aliphatic carbocycles. The Bertz CT molecular complexity index is 1250. The van der Waals surface area contributed by atoms with E-state index in [0.717, 1.165) is 30.6 Å². The van der Waals surface area contributed by atoms with Crippen LogP contribution in [0.2, 0.25) is 0 Å². The lowest BCUT2D eigenvalue weighted by molar-refractivity contribution is -0.127. The second-order valence-corrected chi connectivity index (χ2v) is 10.5. The van der Waals surface area contributed by atoms with Crippen molar-refractivity contribution in [2.24, 2.45) is 0 Å². The molecule has 38 heavy (non-hydrogen) atoms. The van der Waals surface area contributed by atoms with E-state index in [4.69, 9.17) is 9.47 Å². The van der Waals surface area contributed by atoms with Crippen LogP contribution in [0.5, 0.6) is 11.5 Å². The minimum absolute atomic E-state index is 0.0632. The summed E-state index contributed by atoms with van der Waals surface area (Å²) in [5.41, 5.74) is 1.68. The number of ketones is 1. The zero-order valence-electron chi connectivity index (χ0n) is 22.1. The Morgan fingerprint density at radius 2 is 1.68 bits per heavy atom. The third-order valence-corrected chi connectivity index (χ3v) is 7.78. The first-order chi connectivity index (χ1) is 18.4. The molecule has 0 spiro atoms. The first kappa shape index (κ1) is 27.4. The standard InChI is InChI=1S/C30H34N2O5S/c1-20(33)21-11-14-24(15-12-21)32(28(34)19-25-10-7-17-38-25)29(30(35)31-23-8-5-4-6-9-23)22-13-16-26(36-2)27(18-22)37-3/h7,10-18,23,29H,4-6,8-9,19H2,1-3H3,(H,31,35). The van der Waals surface area contributed by atoms with Crippen molar-refractivity contribution >= 4 is 34.6 Å². The molecule has 0 bridgehead atoms. The number of carbonyl (C=O) groups excluding carboxylic acids is 3. The summed E-state index contributed by atoms with van der Waals surface area (Å²) in [4.78, 5) is 42.3. The molecule has 3 aromatic rings. The number of amides is 2. The van der Waals surface area contributed by atoms with Crippen LogP contribution in [0.25, 0.3) is 0 Å². The van der Waals surface area contributed by atoms with Gasteiger partial charge in [-0.05, 0) is 73.2 Å². The molecule has 7 nitrogen and oxygen atoms in total. The molecule has 200 valence electrons. The number of methoxy groups -OCH3 is 2. The molecule has 1 heterocycles. The van der Waals surface area contributed by atoms with Crippen molar-refractivity contribution in [2.75, 3.05) is 19.1 Å². The molecule has 1 unspecified atom stereocenters. The van der Waals surface area contributed by atoms with Crippen LogP contribution in [0.3, 0.4) is 0 Å². The van der Waals surface area contributed by atoms with Crippen molar-refractivity contribution in [3.8, 4) is 11.5 Å². The predicted octanol–water partition coefficient (Wildman–Crippen LogP) is 5.73. The van der Waals surface area contributed by atoms with Crippen molar-refractivity contribution in [3.63, 3.8) is 0 Å². The second-order valence-electron chi connectivity index (χ2n) is 9.48.